The van der Waals surface area contributed by atoms with Crippen molar-refractivity contribution in [2.75, 3.05) is 12.8 Å². The van der Waals surface area contributed by atoms with Gasteiger partial charge in [-0.25, -0.2) is 12.8 Å². The van der Waals surface area contributed by atoms with Crippen LogP contribution in [0.3, 0.4) is 0 Å². The molecule has 0 saturated carbocycles. The highest BCUT2D eigenvalue weighted by Crippen LogP contribution is 2.24. The molecule has 102 valence electrons. The molecule has 2 atom stereocenters. The molecule has 1 N–H and O–H groups in total. The van der Waals surface area contributed by atoms with E-state index in [-0.39, 0.29) is 5.82 Å². The molecule has 0 radical (unpaired) electrons. The smallest absolute Gasteiger partial charge is 0.151 e. The first-order valence-corrected chi connectivity index (χ1v) is 8.00. The van der Waals surface area contributed by atoms with Crippen LogP contribution in [0.1, 0.15) is 31.9 Å². The van der Waals surface area contributed by atoms with Crippen molar-refractivity contribution in [2.24, 2.45) is 0 Å². The van der Waals surface area contributed by atoms with Crippen LogP contribution in [0, 0.1) is 5.82 Å². The molecule has 18 heavy (non-hydrogen) atoms. The van der Waals surface area contributed by atoms with Gasteiger partial charge in [-0.3, -0.25) is 0 Å². The van der Waals surface area contributed by atoms with E-state index >= 15 is 0 Å². The van der Waals surface area contributed by atoms with Gasteiger partial charge in [0.1, 0.15) is 5.82 Å². The highest BCUT2D eigenvalue weighted by atomic mass is 32.2. The van der Waals surface area contributed by atoms with E-state index in [0.717, 1.165) is 6.42 Å². The summed E-state index contributed by atoms with van der Waals surface area (Å²) < 4.78 is 37.1. The summed E-state index contributed by atoms with van der Waals surface area (Å²) in [5.41, 5.74) is 0.406. The summed E-state index contributed by atoms with van der Waals surface area (Å²) in [5, 5.41) is 2.45. The topological polar surface area (TPSA) is 46.2 Å². The van der Waals surface area contributed by atoms with E-state index in [0.29, 0.717) is 12.1 Å². The standard InChI is InChI=1S/C13H20FNO2S/c1-4-9-15-13(10(2)18(3,16)17)11-7-5-6-8-12(11)14/h5-8,10,13,15H,4,9H2,1-3H3. The zero-order valence-corrected chi connectivity index (χ0v) is 11.8. The maximum atomic E-state index is 13.8. The lowest BCUT2D eigenvalue weighted by atomic mass is 10.0. The lowest BCUT2D eigenvalue weighted by Gasteiger charge is -2.24. The SMILES string of the molecule is CCCNC(c1ccccc1F)C(C)S(C)(=O)=O. The Morgan fingerprint density at radius 1 is 1.33 bits per heavy atom. The van der Waals surface area contributed by atoms with Gasteiger partial charge in [0.25, 0.3) is 0 Å². The molecule has 0 fully saturated rings. The average Bonchev–Trinajstić information content (AvgIpc) is 2.30. The van der Waals surface area contributed by atoms with Crippen LogP contribution in [0.25, 0.3) is 0 Å². The van der Waals surface area contributed by atoms with Gasteiger partial charge < -0.3 is 5.32 Å². The molecule has 0 aromatic heterocycles. The van der Waals surface area contributed by atoms with Crippen LogP contribution in [0.2, 0.25) is 0 Å². The number of rotatable bonds is 6. The van der Waals surface area contributed by atoms with Crippen molar-refractivity contribution in [1.82, 2.24) is 5.32 Å². The van der Waals surface area contributed by atoms with Crippen LogP contribution < -0.4 is 5.32 Å². The maximum absolute atomic E-state index is 13.8. The first-order chi connectivity index (χ1) is 8.38. The zero-order valence-electron chi connectivity index (χ0n) is 11.0. The Labute approximate surface area is 108 Å². The summed E-state index contributed by atoms with van der Waals surface area (Å²) in [4.78, 5) is 0. The maximum Gasteiger partial charge on any atom is 0.151 e. The molecule has 1 aromatic carbocycles. The molecule has 0 aliphatic carbocycles. The van der Waals surface area contributed by atoms with Crippen molar-refractivity contribution in [1.29, 1.82) is 0 Å². The lowest BCUT2D eigenvalue weighted by Crippen LogP contribution is -2.36. The first-order valence-electron chi connectivity index (χ1n) is 6.04. The fourth-order valence-electron chi connectivity index (χ4n) is 1.80. The number of halogens is 1. The van der Waals surface area contributed by atoms with Gasteiger partial charge in [-0.15, -0.1) is 0 Å². The number of nitrogens with one attached hydrogen (secondary N) is 1. The minimum Gasteiger partial charge on any atom is -0.309 e. The predicted molar refractivity (Wildman–Crippen MR) is 71.7 cm³/mol. The zero-order chi connectivity index (χ0) is 13.8. The van der Waals surface area contributed by atoms with Crippen LogP contribution >= 0.6 is 0 Å². The summed E-state index contributed by atoms with van der Waals surface area (Å²) >= 11 is 0. The molecule has 0 saturated heterocycles. The molecule has 1 aromatic rings. The minimum absolute atomic E-state index is 0.374. The number of sulfone groups is 1. The van der Waals surface area contributed by atoms with Crippen LogP contribution in [-0.4, -0.2) is 26.5 Å². The fourth-order valence-corrected chi connectivity index (χ4v) is 2.54. The van der Waals surface area contributed by atoms with Crippen LogP contribution in [0.15, 0.2) is 24.3 Å². The van der Waals surface area contributed by atoms with E-state index in [1.807, 2.05) is 6.92 Å². The van der Waals surface area contributed by atoms with Crippen LogP contribution in [-0.2, 0) is 9.84 Å². The second-order valence-corrected chi connectivity index (χ2v) is 6.89. The molecular weight excluding hydrogens is 253 g/mol. The molecule has 0 amide bonds. The molecular formula is C13H20FNO2S. The summed E-state index contributed by atoms with van der Waals surface area (Å²) in [7, 11) is -3.23. The van der Waals surface area contributed by atoms with E-state index in [2.05, 4.69) is 5.32 Å². The second-order valence-electron chi connectivity index (χ2n) is 4.49. The quantitative estimate of drug-likeness (QED) is 0.865. The third-order valence-corrected chi connectivity index (χ3v) is 4.62. The van der Waals surface area contributed by atoms with Gasteiger partial charge in [0, 0.05) is 11.8 Å². The molecule has 0 bridgehead atoms. The van der Waals surface area contributed by atoms with Crippen molar-refractivity contribution < 1.29 is 12.8 Å². The lowest BCUT2D eigenvalue weighted by molar-refractivity contribution is 0.478. The van der Waals surface area contributed by atoms with Gasteiger partial charge in [0.05, 0.1) is 11.3 Å². The monoisotopic (exact) mass is 273 g/mol. The minimum atomic E-state index is -3.23. The van der Waals surface area contributed by atoms with Crippen molar-refractivity contribution in [3.63, 3.8) is 0 Å². The van der Waals surface area contributed by atoms with Crippen LogP contribution in [0.4, 0.5) is 4.39 Å². The van der Waals surface area contributed by atoms with E-state index in [1.165, 1.54) is 12.3 Å². The van der Waals surface area contributed by atoms with Crippen molar-refractivity contribution in [2.45, 2.75) is 31.6 Å². The Kier molecular flexibility index (Phi) is 5.28. The average molecular weight is 273 g/mol. The second kappa shape index (κ2) is 6.29. The largest absolute Gasteiger partial charge is 0.309 e. The van der Waals surface area contributed by atoms with Gasteiger partial charge in [0.15, 0.2) is 9.84 Å². The van der Waals surface area contributed by atoms with Gasteiger partial charge >= 0.3 is 0 Å². The number of hydrogen-bond donors (Lipinski definition) is 1. The highest BCUT2D eigenvalue weighted by molar-refractivity contribution is 7.91. The van der Waals surface area contributed by atoms with Crippen molar-refractivity contribution >= 4 is 9.84 Å². The number of hydrogen-bond acceptors (Lipinski definition) is 3. The van der Waals surface area contributed by atoms with E-state index in [1.54, 1.807) is 25.1 Å². The summed E-state index contributed by atoms with van der Waals surface area (Å²) in [5.74, 6) is -0.374. The molecule has 0 aliphatic rings. The normalized spacial score (nSPS) is 15.3. The van der Waals surface area contributed by atoms with Gasteiger partial charge in [0.2, 0.25) is 0 Å². The Morgan fingerprint density at radius 2 is 1.94 bits per heavy atom. The van der Waals surface area contributed by atoms with Crippen molar-refractivity contribution in [3.05, 3.63) is 35.6 Å². The Balaban J connectivity index is 3.10. The molecule has 0 aliphatic heterocycles. The van der Waals surface area contributed by atoms with Crippen molar-refractivity contribution in [3.8, 4) is 0 Å². The molecule has 0 heterocycles. The fraction of sp³-hybridized carbons (Fsp3) is 0.538. The molecule has 2 unspecified atom stereocenters. The van der Waals surface area contributed by atoms with Gasteiger partial charge in [-0.2, -0.15) is 0 Å². The molecule has 5 heteroatoms. The van der Waals surface area contributed by atoms with E-state index in [9.17, 15) is 12.8 Å². The summed E-state index contributed by atoms with van der Waals surface area (Å²) in [6.45, 7) is 4.24. The third kappa shape index (κ3) is 3.78. The van der Waals surface area contributed by atoms with E-state index < -0.39 is 21.1 Å². The molecule has 3 nitrogen and oxygen atoms in total. The van der Waals surface area contributed by atoms with Crippen LogP contribution in [0.5, 0.6) is 0 Å². The predicted octanol–water partition coefficient (Wildman–Crippen LogP) is 2.30. The molecule has 0 spiro atoms. The number of benzene rings is 1. The third-order valence-electron chi connectivity index (χ3n) is 3.00. The van der Waals surface area contributed by atoms with Gasteiger partial charge in [-0.05, 0) is 26.0 Å². The summed E-state index contributed by atoms with van der Waals surface area (Å²) in [6, 6.07) is 5.78. The Morgan fingerprint density at radius 3 is 2.44 bits per heavy atom. The summed E-state index contributed by atoms with van der Waals surface area (Å²) in [6.07, 6.45) is 2.04. The van der Waals surface area contributed by atoms with E-state index in [4.69, 9.17) is 0 Å². The highest BCUT2D eigenvalue weighted by Gasteiger charge is 2.28. The van der Waals surface area contributed by atoms with Gasteiger partial charge in [-0.1, -0.05) is 25.1 Å². The molecule has 1 rings (SSSR count). The Bertz CT molecular complexity index is 488. The first kappa shape index (κ1) is 15.1. The Hall–Kier alpha value is -0.940.